The van der Waals surface area contributed by atoms with Crippen molar-refractivity contribution in [3.05, 3.63) is 168 Å². The van der Waals surface area contributed by atoms with Crippen LogP contribution in [0.5, 0.6) is 0 Å². The van der Waals surface area contributed by atoms with Gasteiger partial charge in [0.25, 0.3) is 0 Å². The van der Waals surface area contributed by atoms with Gasteiger partial charge in [-0.25, -0.2) is 0 Å². The first-order valence-corrected chi connectivity index (χ1v) is 23.7. The fraction of sp³-hybridized carbons (Fsp3) is 0.352. The molecule has 12 N–H and O–H groups in total. The number of nitrogens with two attached hydrogens (primary N) is 3. The van der Waals surface area contributed by atoms with Gasteiger partial charge in [-0.1, -0.05) is 136 Å². The van der Waals surface area contributed by atoms with Crippen LogP contribution in [-0.4, -0.2) is 71.3 Å². The number of allylic oxidation sites excluding steroid dienone is 1. The Labute approximate surface area is 400 Å². The topological polar surface area (TPSA) is 235 Å². The third-order valence-corrected chi connectivity index (χ3v) is 13.1. The molecule has 68 heavy (non-hydrogen) atoms. The van der Waals surface area contributed by atoms with E-state index in [0.717, 1.165) is 47.0 Å². The Morgan fingerprint density at radius 1 is 0.706 bits per heavy atom. The van der Waals surface area contributed by atoms with E-state index in [1.54, 1.807) is 6.20 Å². The molecular formula is C54H68N10O4. The molecular weight excluding hydrogens is 853 g/mol. The maximum atomic E-state index is 15.3. The van der Waals surface area contributed by atoms with Gasteiger partial charge >= 0.3 is 0 Å². The Balaban J connectivity index is 1.30. The minimum Gasteiger partial charge on any atom is -0.376 e. The second-order valence-corrected chi connectivity index (χ2v) is 17.9. The van der Waals surface area contributed by atoms with Gasteiger partial charge < -0.3 is 48.8 Å². The van der Waals surface area contributed by atoms with Crippen LogP contribution in [0.25, 0.3) is 10.9 Å². The number of nitrogens with zero attached hydrogens (tertiary/aromatic N) is 1. The molecule has 5 aromatic rings. The van der Waals surface area contributed by atoms with E-state index in [-0.39, 0.29) is 36.7 Å². The number of benzene rings is 4. The van der Waals surface area contributed by atoms with E-state index < -0.39 is 47.9 Å². The van der Waals surface area contributed by atoms with Gasteiger partial charge in [0.15, 0.2) is 5.96 Å². The van der Waals surface area contributed by atoms with E-state index in [4.69, 9.17) is 17.2 Å². The molecule has 3 atom stereocenters. The van der Waals surface area contributed by atoms with Crippen molar-refractivity contribution in [2.75, 3.05) is 13.1 Å². The number of aromatic amines is 1. The maximum absolute atomic E-state index is 15.3. The molecule has 0 radical (unpaired) electrons. The zero-order valence-electron chi connectivity index (χ0n) is 39.2. The second-order valence-electron chi connectivity index (χ2n) is 17.9. The lowest BCUT2D eigenvalue weighted by Crippen LogP contribution is -2.62. The fourth-order valence-electron chi connectivity index (χ4n) is 9.37. The van der Waals surface area contributed by atoms with Gasteiger partial charge in [-0.3, -0.25) is 24.2 Å². The highest BCUT2D eigenvalue weighted by Crippen LogP contribution is 2.48. The van der Waals surface area contributed by atoms with Gasteiger partial charge in [-0.05, 0) is 86.1 Å². The molecule has 0 saturated heterocycles. The van der Waals surface area contributed by atoms with E-state index in [0.29, 0.717) is 44.2 Å². The van der Waals surface area contributed by atoms with E-state index >= 15 is 4.79 Å². The Bertz CT molecular complexity index is 2470. The number of nitrogens with one attached hydrogen (secondary N) is 6. The molecule has 4 aromatic carbocycles. The lowest BCUT2D eigenvalue weighted by Gasteiger charge is -2.47. The smallest absolute Gasteiger partial charge is 0.246 e. The molecule has 4 amide bonds. The standard InChI is InChI=1S/C54H68N10O4/c1-4-5-18-37(2)64-54(30-28-53(29-31-54,41-21-11-7-12-22-41)42-23-13-8-14-24-42)51(68)63-46(33-39-19-9-6-10-20-39)38(3)61-45(27-17-32-58-52(56)57)50(67)62-47(49(66)60-36-48(55)65)34-40-35-59-44-26-16-15-25-43(40)44/h6-16,19-26,35,45-47,59,61,64H,2-5,17-18,27-34,36H2,1H3,(H2,55,65)(H,60,66)(H,62,67)(H,63,68)(H4,56,57,58)/t45-,46+,47-/m0/s1. The number of aliphatic imine (C=N–C) groups is 1. The van der Waals surface area contributed by atoms with Gasteiger partial charge in [0.05, 0.1) is 12.6 Å². The molecule has 0 bridgehead atoms. The highest BCUT2D eigenvalue weighted by molar-refractivity contribution is 5.93. The van der Waals surface area contributed by atoms with Crippen molar-refractivity contribution in [3.8, 4) is 0 Å². The van der Waals surface area contributed by atoms with Crippen LogP contribution in [0.4, 0.5) is 0 Å². The summed E-state index contributed by atoms with van der Waals surface area (Å²) >= 11 is 0. The molecule has 14 nitrogen and oxygen atoms in total. The Hall–Kier alpha value is -7.35. The number of unbranched alkanes of at least 4 members (excludes halogenated alkanes) is 1. The SMILES string of the molecule is C=C(CCCC)NC1(C(=O)N[C@H](Cc2ccccc2)C(=C)N[C@@H](CCCN=C(N)N)C(=O)N[C@@H](Cc2c[nH]c3ccccc23)C(=O)NCC(N)=O)CCC(c2ccccc2)(c2ccccc2)CC1. The molecule has 1 fully saturated rings. The Kier molecular flexibility index (Phi) is 17.6. The number of fused-ring (bicyclic) bond motifs is 1. The lowest BCUT2D eigenvalue weighted by molar-refractivity contribution is -0.130. The van der Waals surface area contributed by atoms with Crippen molar-refractivity contribution in [2.24, 2.45) is 22.2 Å². The van der Waals surface area contributed by atoms with E-state index in [9.17, 15) is 14.4 Å². The van der Waals surface area contributed by atoms with Crippen molar-refractivity contribution in [2.45, 2.75) is 107 Å². The third-order valence-electron chi connectivity index (χ3n) is 13.1. The molecule has 1 saturated carbocycles. The highest BCUT2D eigenvalue weighted by atomic mass is 16.2. The fourth-order valence-corrected chi connectivity index (χ4v) is 9.37. The second kappa shape index (κ2) is 23.9. The summed E-state index contributed by atoms with van der Waals surface area (Å²) in [5.74, 6) is -2.07. The summed E-state index contributed by atoms with van der Waals surface area (Å²) in [6.45, 7) is 10.8. The monoisotopic (exact) mass is 921 g/mol. The van der Waals surface area contributed by atoms with Crippen LogP contribution in [0, 0.1) is 0 Å². The lowest BCUT2D eigenvalue weighted by atomic mass is 9.60. The minimum absolute atomic E-state index is 0.0775. The summed E-state index contributed by atoms with van der Waals surface area (Å²) in [6.07, 6.45) is 8.01. The number of rotatable bonds is 25. The van der Waals surface area contributed by atoms with Crippen LogP contribution in [0.1, 0.15) is 87.0 Å². The largest absolute Gasteiger partial charge is 0.376 e. The first-order chi connectivity index (χ1) is 32.8. The predicted octanol–water partition coefficient (Wildman–Crippen LogP) is 5.64. The van der Waals surface area contributed by atoms with Gasteiger partial charge in [0.1, 0.15) is 17.6 Å². The average molecular weight is 921 g/mol. The normalized spacial score (nSPS) is 15.1. The number of hydrogen-bond acceptors (Lipinski definition) is 7. The zero-order chi connectivity index (χ0) is 48.5. The molecule has 1 aliphatic rings. The van der Waals surface area contributed by atoms with Gasteiger partial charge in [0, 0.05) is 46.9 Å². The Morgan fingerprint density at radius 3 is 1.94 bits per heavy atom. The molecule has 0 spiro atoms. The van der Waals surface area contributed by atoms with Crippen LogP contribution in [0.3, 0.4) is 0 Å². The number of hydrogen-bond donors (Lipinski definition) is 9. The average Bonchev–Trinajstić information content (AvgIpc) is 3.76. The molecule has 358 valence electrons. The molecule has 6 rings (SSSR count). The molecule has 14 heteroatoms. The molecule has 1 aromatic heterocycles. The third kappa shape index (κ3) is 13.2. The summed E-state index contributed by atoms with van der Waals surface area (Å²) in [4.78, 5) is 62.6. The molecule has 0 unspecified atom stereocenters. The maximum Gasteiger partial charge on any atom is 0.246 e. The number of guanidine groups is 1. The summed E-state index contributed by atoms with van der Waals surface area (Å²) in [5.41, 5.74) is 21.6. The highest BCUT2D eigenvalue weighted by Gasteiger charge is 2.49. The summed E-state index contributed by atoms with van der Waals surface area (Å²) in [7, 11) is 0. The van der Waals surface area contributed by atoms with Crippen molar-refractivity contribution >= 4 is 40.5 Å². The van der Waals surface area contributed by atoms with Crippen molar-refractivity contribution in [3.63, 3.8) is 0 Å². The zero-order valence-corrected chi connectivity index (χ0v) is 39.2. The van der Waals surface area contributed by atoms with Crippen LogP contribution in [0.2, 0.25) is 0 Å². The van der Waals surface area contributed by atoms with Crippen LogP contribution in [-0.2, 0) is 37.4 Å². The number of aromatic nitrogens is 1. The summed E-state index contributed by atoms with van der Waals surface area (Å²) in [5, 5.41) is 16.8. The number of para-hydroxylation sites is 1. The number of primary amides is 1. The van der Waals surface area contributed by atoms with E-state index in [1.807, 2.05) is 66.7 Å². The molecule has 0 aliphatic heterocycles. The summed E-state index contributed by atoms with van der Waals surface area (Å²) < 4.78 is 0. The Morgan fingerprint density at radius 2 is 1.32 bits per heavy atom. The first-order valence-electron chi connectivity index (χ1n) is 23.7. The van der Waals surface area contributed by atoms with Gasteiger partial charge in [-0.15, -0.1) is 0 Å². The molecule has 1 heterocycles. The van der Waals surface area contributed by atoms with E-state index in [2.05, 4.69) is 105 Å². The van der Waals surface area contributed by atoms with Crippen LogP contribution < -0.4 is 43.8 Å². The molecule has 1 aliphatic carbocycles. The van der Waals surface area contributed by atoms with Crippen LogP contribution in [0.15, 0.2) is 151 Å². The van der Waals surface area contributed by atoms with Gasteiger partial charge in [0.2, 0.25) is 23.6 Å². The number of amides is 4. The van der Waals surface area contributed by atoms with E-state index in [1.165, 1.54) is 11.1 Å². The number of carbonyl (C=O) groups is 4. The minimum atomic E-state index is -1.09. The quantitative estimate of drug-likeness (QED) is 0.0201. The predicted molar refractivity (Wildman–Crippen MR) is 271 cm³/mol. The van der Waals surface area contributed by atoms with Crippen molar-refractivity contribution in [1.29, 1.82) is 0 Å². The van der Waals surface area contributed by atoms with Crippen LogP contribution >= 0.6 is 0 Å². The van der Waals surface area contributed by atoms with Crippen molar-refractivity contribution < 1.29 is 19.2 Å². The first kappa shape index (κ1) is 50.1. The number of carbonyl (C=O) groups excluding carboxylic acids is 4. The van der Waals surface area contributed by atoms with Gasteiger partial charge in [-0.2, -0.15) is 0 Å². The summed E-state index contributed by atoms with van der Waals surface area (Å²) in [6, 6.07) is 35.8. The van der Waals surface area contributed by atoms with Crippen molar-refractivity contribution in [1.82, 2.24) is 31.6 Å². The number of H-pyrrole nitrogens is 1.